The Hall–Kier alpha value is -2.05. The molecule has 1 aromatic rings. The lowest BCUT2D eigenvalue weighted by Gasteiger charge is -2.32. The number of aliphatic hydroxyl groups excluding tert-OH is 1. The summed E-state index contributed by atoms with van der Waals surface area (Å²) in [6, 6.07) is 4.98. The van der Waals surface area contributed by atoms with Crippen LogP contribution in [0.5, 0.6) is 5.75 Å². The molecule has 0 amide bonds. The number of rotatable bonds is 5. The van der Waals surface area contributed by atoms with Crippen molar-refractivity contribution in [1.29, 1.82) is 0 Å². The summed E-state index contributed by atoms with van der Waals surface area (Å²) < 4.78 is 30.1. The van der Waals surface area contributed by atoms with E-state index < -0.39 is 9.84 Å². The monoisotopic (exact) mass is 421 g/mol. The number of aliphatic hydroxyl groups is 1. The molecule has 162 valence electrons. The molecule has 1 heterocycles. The molecule has 0 saturated carbocycles. The first-order valence-electron chi connectivity index (χ1n) is 9.87. The van der Waals surface area contributed by atoms with Crippen molar-refractivity contribution < 1.29 is 18.3 Å². The number of hydrogen-bond donors (Lipinski definition) is 1. The van der Waals surface area contributed by atoms with Crippen LogP contribution >= 0.6 is 0 Å². The standard InChI is InChI=1S/C22H31NO3S.CH4O/c1-16(2)26-22-13-12-20(27(6,24)25)15-21(22)19(5)23-14-10-8-7-9-11-17(3)18(23)4;1-2/h7,9,12-13,15-17H,4-5,8,10-11,14H2,1-3,6H3;2H,1H3/b9-7-;. The first kappa shape index (κ1) is 25.0. The van der Waals surface area contributed by atoms with E-state index in [0.717, 1.165) is 44.3 Å². The van der Waals surface area contributed by atoms with Crippen molar-refractivity contribution in [2.75, 3.05) is 19.9 Å². The molecule has 2 rings (SSSR count). The van der Waals surface area contributed by atoms with Gasteiger partial charge in [0.05, 0.1) is 11.0 Å². The average molecular weight is 422 g/mol. The quantitative estimate of drug-likeness (QED) is 0.701. The highest BCUT2D eigenvalue weighted by Gasteiger charge is 2.22. The normalized spacial score (nSPS) is 18.8. The van der Waals surface area contributed by atoms with Crippen LogP contribution < -0.4 is 4.74 Å². The van der Waals surface area contributed by atoms with Gasteiger partial charge in [-0.2, -0.15) is 0 Å². The first-order valence-corrected chi connectivity index (χ1v) is 11.8. The van der Waals surface area contributed by atoms with Crippen molar-refractivity contribution >= 4 is 15.5 Å². The Bertz CT molecular complexity index is 840. The Kier molecular flexibility index (Phi) is 9.66. The van der Waals surface area contributed by atoms with E-state index in [9.17, 15) is 8.42 Å². The largest absolute Gasteiger partial charge is 0.490 e. The Labute approximate surface area is 176 Å². The summed E-state index contributed by atoms with van der Waals surface area (Å²) in [7, 11) is -2.33. The Balaban J connectivity index is 0.00000204. The zero-order chi connectivity index (χ0) is 22.2. The van der Waals surface area contributed by atoms with Crippen LogP contribution in [0, 0.1) is 5.92 Å². The van der Waals surface area contributed by atoms with E-state index >= 15 is 0 Å². The molecule has 5 nitrogen and oxygen atoms in total. The zero-order valence-corrected chi connectivity index (χ0v) is 19.1. The number of ether oxygens (including phenoxy) is 1. The summed E-state index contributed by atoms with van der Waals surface area (Å²) in [5.74, 6) is 0.921. The molecule has 1 unspecified atom stereocenters. The Morgan fingerprint density at radius 1 is 1.28 bits per heavy atom. The lowest BCUT2D eigenvalue weighted by molar-refractivity contribution is 0.241. The third-order valence-corrected chi connectivity index (χ3v) is 5.81. The number of allylic oxidation sites excluding steroid dienone is 3. The molecule has 1 aliphatic heterocycles. The molecule has 0 aromatic heterocycles. The van der Waals surface area contributed by atoms with Gasteiger partial charge in [-0.15, -0.1) is 0 Å². The van der Waals surface area contributed by atoms with E-state index in [1.54, 1.807) is 18.2 Å². The molecule has 1 aromatic carbocycles. The molecule has 0 spiro atoms. The molecule has 6 heteroatoms. The fourth-order valence-corrected chi connectivity index (χ4v) is 3.75. The zero-order valence-electron chi connectivity index (χ0n) is 18.3. The fourth-order valence-electron chi connectivity index (χ4n) is 3.11. The van der Waals surface area contributed by atoms with Gasteiger partial charge < -0.3 is 14.7 Å². The van der Waals surface area contributed by atoms with Crippen LogP contribution in [-0.4, -0.2) is 44.4 Å². The van der Waals surface area contributed by atoms with Gasteiger partial charge in [0.15, 0.2) is 9.84 Å². The highest BCUT2D eigenvalue weighted by atomic mass is 32.2. The van der Waals surface area contributed by atoms with E-state index in [1.807, 2.05) is 13.8 Å². The first-order chi connectivity index (χ1) is 13.6. The van der Waals surface area contributed by atoms with Crippen LogP contribution in [0.15, 0.2) is 54.1 Å². The summed E-state index contributed by atoms with van der Waals surface area (Å²) in [4.78, 5) is 2.38. The van der Waals surface area contributed by atoms with Gasteiger partial charge in [-0.05, 0) is 57.2 Å². The van der Waals surface area contributed by atoms with Crippen molar-refractivity contribution in [3.05, 3.63) is 54.8 Å². The van der Waals surface area contributed by atoms with Gasteiger partial charge in [0.1, 0.15) is 5.75 Å². The maximum absolute atomic E-state index is 12.1. The van der Waals surface area contributed by atoms with Crippen molar-refractivity contribution in [1.82, 2.24) is 4.90 Å². The predicted octanol–water partition coefficient (Wildman–Crippen LogP) is 4.65. The molecule has 1 N–H and O–H groups in total. The van der Waals surface area contributed by atoms with Gasteiger partial charge in [-0.3, -0.25) is 0 Å². The van der Waals surface area contributed by atoms with Gasteiger partial charge in [-0.25, -0.2) is 8.42 Å². The molecule has 0 fully saturated rings. The summed E-state index contributed by atoms with van der Waals surface area (Å²) in [5, 5.41) is 7.00. The predicted molar refractivity (Wildman–Crippen MR) is 120 cm³/mol. The molecule has 0 aliphatic carbocycles. The molecule has 0 saturated heterocycles. The van der Waals surface area contributed by atoms with Crippen LogP contribution in [0.25, 0.3) is 5.70 Å². The molecule has 0 bridgehead atoms. The van der Waals surface area contributed by atoms with Gasteiger partial charge >= 0.3 is 0 Å². The molecule has 29 heavy (non-hydrogen) atoms. The molecule has 0 radical (unpaired) electrons. The van der Waals surface area contributed by atoms with Gasteiger partial charge in [0.25, 0.3) is 0 Å². The maximum Gasteiger partial charge on any atom is 0.175 e. The van der Waals surface area contributed by atoms with Crippen molar-refractivity contribution in [3.8, 4) is 5.75 Å². The number of sulfone groups is 1. The minimum Gasteiger partial charge on any atom is -0.490 e. The number of nitrogens with zero attached hydrogens (tertiary/aromatic N) is 1. The summed E-state index contributed by atoms with van der Waals surface area (Å²) >= 11 is 0. The highest BCUT2D eigenvalue weighted by Crippen LogP contribution is 2.35. The molecule has 1 atom stereocenters. The van der Waals surface area contributed by atoms with Gasteiger partial charge in [0, 0.05) is 36.9 Å². The van der Waals surface area contributed by atoms with Crippen LogP contribution in [0.1, 0.15) is 45.6 Å². The Morgan fingerprint density at radius 2 is 1.93 bits per heavy atom. The van der Waals surface area contributed by atoms with Gasteiger partial charge in [-0.1, -0.05) is 32.2 Å². The van der Waals surface area contributed by atoms with Gasteiger partial charge in [0.2, 0.25) is 0 Å². The van der Waals surface area contributed by atoms with E-state index in [0.29, 0.717) is 11.3 Å². The minimum absolute atomic E-state index is 0.0255. The van der Waals surface area contributed by atoms with Crippen molar-refractivity contribution in [3.63, 3.8) is 0 Å². The second kappa shape index (κ2) is 11.2. The van der Waals surface area contributed by atoms with Crippen LogP contribution in [0.3, 0.4) is 0 Å². The lowest BCUT2D eigenvalue weighted by Crippen LogP contribution is -2.25. The van der Waals surface area contributed by atoms with E-state index in [1.165, 1.54) is 6.26 Å². The fraction of sp³-hybridized carbons (Fsp3) is 0.478. The molecule has 1 aliphatic rings. The van der Waals surface area contributed by atoms with Crippen LogP contribution in [-0.2, 0) is 9.84 Å². The van der Waals surface area contributed by atoms with Crippen molar-refractivity contribution in [2.45, 2.75) is 51.0 Å². The number of hydrogen-bond acceptors (Lipinski definition) is 5. The van der Waals surface area contributed by atoms with E-state index in [4.69, 9.17) is 9.84 Å². The summed E-state index contributed by atoms with van der Waals surface area (Å²) in [6.45, 7) is 15.4. The van der Waals surface area contributed by atoms with Crippen LogP contribution in [0.4, 0.5) is 0 Å². The summed E-state index contributed by atoms with van der Waals surface area (Å²) in [5.41, 5.74) is 2.42. The Morgan fingerprint density at radius 3 is 2.52 bits per heavy atom. The SMILES string of the molecule is C=C(c1cc(S(C)(=O)=O)ccc1OC(C)C)N1CCC/C=C\CC(C)C1=C.CO. The molecular weight excluding hydrogens is 386 g/mol. The maximum atomic E-state index is 12.1. The average Bonchev–Trinajstić information content (AvgIpc) is 2.74. The topological polar surface area (TPSA) is 66.8 Å². The van der Waals surface area contributed by atoms with E-state index in [-0.39, 0.29) is 16.9 Å². The smallest absolute Gasteiger partial charge is 0.175 e. The van der Waals surface area contributed by atoms with Crippen molar-refractivity contribution in [2.24, 2.45) is 5.92 Å². The summed E-state index contributed by atoms with van der Waals surface area (Å²) in [6.07, 6.45) is 8.53. The molecular formula is C23H35NO4S. The second-order valence-electron chi connectivity index (χ2n) is 7.44. The lowest BCUT2D eigenvalue weighted by atomic mass is 10.0. The van der Waals surface area contributed by atoms with Crippen LogP contribution in [0.2, 0.25) is 0 Å². The second-order valence-corrected chi connectivity index (χ2v) is 9.45. The van der Waals surface area contributed by atoms with E-state index in [2.05, 4.69) is 37.1 Å². The third kappa shape index (κ3) is 7.05. The number of benzene rings is 1. The highest BCUT2D eigenvalue weighted by molar-refractivity contribution is 7.90. The third-order valence-electron chi connectivity index (χ3n) is 4.70. The minimum atomic E-state index is -3.33.